The third-order valence-electron chi connectivity index (χ3n) is 2.47. The van der Waals surface area contributed by atoms with Gasteiger partial charge in [0.05, 0.1) is 11.4 Å². The molecule has 0 saturated carbocycles. The van der Waals surface area contributed by atoms with Crippen molar-refractivity contribution in [2.24, 2.45) is 0 Å². The molecule has 1 saturated heterocycles. The highest BCUT2D eigenvalue weighted by Crippen LogP contribution is 2.25. The molecule has 2 rings (SSSR count). The number of hydrogen-bond donors (Lipinski definition) is 3. The molecule has 1 fully saturated rings. The molecule has 0 spiro atoms. The van der Waals surface area contributed by atoms with E-state index >= 15 is 0 Å². The topological polar surface area (TPSA) is 53.8 Å². The van der Waals surface area contributed by atoms with Crippen LogP contribution >= 0.6 is 0 Å². The van der Waals surface area contributed by atoms with Crippen LogP contribution in [0.1, 0.15) is 31.0 Å². The minimum atomic E-state index is 0.453. The van der Waals surface area contributed by atoms with Crippen LogP contribution in [0.3, 0.4) is 0 Å². The van der Waals surface area contributed by atoms with Gasteiger partial charge in [-0.05, 0) is 25.5 Å². The fraction of sp³-hybridized carbons (Fsp3) is 0.556. The van der Waals surface area contributed by atoms with Gasteiger partial charge in [0.2, 0.25) is 0 Å². The molecule has 0 aliphatic carbocycles. The number of rotatable bonds is 1. The fourth-order valence-electron chi connectivity index (χ4n) is 1.79. The summed E-state index contributed by atoms with van der Waals surface area (Å²) in [5.41, 5.74) is 7.85. The number of nitrogens with two attached hydrogens (primary N) is 1. The number of aromatic amines is 1. The summed E-state index contributed by atoms with van der Waals surface area (Å²) in [5.74, 6) is 0. The normalized spacial score (nSPS) is 24.2. The quantitative estimate of drug-likeness (QED) is 0.589. The number of nitrogen functional groups attached to an aromatic ring is 1. The highest BCUT2D eigenvalue weighted by atomic mass is 15.0. The first kappa shape index (κ1) is 7.68. The average Bonchev–Trinajstić information content (AvgIpc) is 2.53. The molecule has 3 heteroatoms. The van der Waals surface area contributed by atoms with Gasteiger partial charge >= 0.3 is 0 Å². The van der Waals surface area contributed by atoms with Gasteiger partial charge in [-0.3, -0.25) is 0 Å². The largest absolute Gasteiger partial charge is 0.397 e. The molecular formula is C9H15N3. The van der Waals surface area contributed by atoms with E-state index in [1.807, 2.05) is 12.3 Å². The summed E-state index contributed by atoms with van der Waals surface area (Å²) in [6.45, 7) is 1.11. The van der Waals surface area contributed by atoms with Crippen molar-refractivity contribution in [3.8, 4) is 0 Å². The fourth-order valence-corrected chi connectivity index (χ4v) is 1.79. The maximum absolute atomic E-state index is 5.80. The molecule has 1 atom stereocenters. The second kappa shape index (κ2) is 3.19. The van der Waals surface area contributed by atoms with Gasteiger partial charge in [-0.1, -0.05) is 6.42 Å². The van der Waals surface area contributed by atoms with Crippen molar-refractivity contribution in [3.63, 3.8) is 0 Å². The van der Waals surface area contributed by atoms with Crippen LogP contribution in [-0.4, -0.2) is 11.5 Å². The number of aromatic nitrogens is 1. The predicted octanol–water partition coefficient (Wildman–Crippen LogP) is 1.41. The third-order valence-corrected chi connectivity index (χ3v) is 2.47. The molecule has 0 bridgehead atoms. The molecule has 3 nitrogen and oxygen atoms in total. The molecular weight excluding hydrogens is 150 g/mol. The molecule has 0 aromatic carbocycles. The Morgan fingerprint density at radius 3 is 2.92 bits per heavy atom. The van der Waals surface area contributed by atoms with Crippen molar-refractivity contribution >= 4 is 5.69 Å². The summed E-state index contributed by atoms with van der Waals surface area (Å²) in [6, 6.07) is 2.37. The smallest absolute Gasteiger partial charge is 0.0553 e. The van der Waals surface area contributed by atoms with E-state index in [4.69, 9.17) is 5.73 Å². The van der Waals surface area contributed by atoms with Crippen LogP contribution in [0.2, 0.25) is 0 Å². The van der Waals surface area contributed by atoms with Gasteiger partial charge in [0.15, 0.2) is 0 Å². The summed E-state index contributed by atoms with van der Waals surface area (Å²) in [7, 11) is 0. The maximum atomic E-state index is 5.80. The first-order chi connectivity index (χ1) is 5.88. The standard InChI is InChI=1S/C9H15N3/c10-7-4-6-12-9(7)8-3-1-2-5-11-8/h4,6,8,11-12H,1-3,5,10H2/t8-/m0/s1. The number of H-pyrrole nitrogens is 1. The number of piperidine rings is 1. The Hall–Kier alpha value is -0.960. The van der Waals surface area contributed by atoms with Crippen molar-refractivity contribution in [2.75, 3.05) is 12.3 Å². The lowest BCUT2D eigenvalue weighted by atomic mass is 10.0. The molecule has 1 aliphatic heterocycles. The van der Waals surface area contributed by atoms with E-state index in [9.17, 15) is 0 Å². The Morgan fingerprint density at radius 1 is 1.42 bits per heavy atom. The Morgan fingerprint density at radius 2 is 2.33 bits per heavy atom. The van der Waals surface area contributed by atoms with Crippen molar-refractivity contribution in [1.82, 2.24) is 10.3 Å². The molecule has 66 valence electrons. The van der Waals surface area contributed by atoms with Crippen LogP contribution < -0.4 is 11.1 Å². The van der Waals surface area contributed by atoms with Gasteiger partial charge in [-0.2, -0.15) is 0 Å². The van der Waals surface area contributed by atoms with Gasteiger partial charge in [-0.15, -0.1) is 0 Å². The van der Waals surface area contributed by atoms with Crippen molar-refractivity contribution in [2.45, 2.75) is 25.3 Å². The van der Waals surface area contributed by atoms with Gasteiger partial charge in [0.1, 0.15) is 0 Å². The zero-order valence-corrected chi connectivity index (χ0v) is 7.14. The minimum Gasteiger partial charge on any atom is -0.397 e. The molecule has 2 heterocycles. The second-order valence-corrected chi connectivity index (χ2v) is 3.35. The number of anilines is 1. The minimum absolute atomic E-state index is 0.453. The number of nitrogens with one attached hydrogen (secondary N) is 2. The average molecular weight is 165 g/mol. The Labute approximate surface area is 72.3 Å². The lowest BCUT2D eigenvalue weighted by Crippen LogP contribution is -2.27. The van der Waals surface area contributed by atoms with Gasteiger partial charge in [0.25, 0.3) is 0 Å². The van der Waals surface area contributed by atoms with Crippen LogP contribution in [0.15, 0.2) is 12.3 Å². The van der Waals surface area contributed by atoms with E-state index in [0.29, 0.717) is 6.04 Å². The van der Waals surface area contributed by atoms with Crippen molar-refractivity contribution in [1.29, 1.82) is 0 Å². The van der Waals surface area contributed by atoms with Crippen LogP contribution in [0.5, 0.6) is 0 Å². The van der Waals surface area contributed by atoms with E-state index in [2.05, 4.69) is 10.3 Å². The lowest BCUT2D eigenvalue weighted by Gasteiger charge is -2.23. The van der Waals surface area contributed by atoms with E-state index < -0.39 is 0 Å². The van der Waals surface area contributed by atoms with Gasteiger partial charge in [-0.25, -0.2) is 0 Å². The highest BCUT2D eigenvalue weighted by molar-refractivity contribution is 5.44. The third kappa shape index (κ3) is 1.32. The predicted molar refractivity (Wildman–Crippen MR) is 49.8 cm³/mol. The Bertz CT molecular complexity index is 248. The van der Waals surface area contributed by atoms with E-state index in [1.54, 1.807) is 0 Å². The van der Waals surface area contributed by atoms with Crippen LogP contribution in [-0.2, 0) is 0 Å². The molecule has 12 heavy (non-hydrogen) atoms. The Balaban J connectivity index is 2.13. The van der Waals surface area contributed by atoms with Crippen molar-refractivity contribution in [3.05, 3.63) is 18.0 Å². The zero-order valence-electron chi connectivity index (χ0n) is 7.14. The van der Waals surface area contributed by atoms with Crippen LogP contribution in [0, 0.1) is 0 Å². The summed E-state index contributed by atoms with van der Waals surface area (Å²) >= 11 is 0. The van der Waals surface area contributed by atoms with Gasteiger partial charge < -0.3 is 16.0 Å². The highest BCUT2D eigenvalue weighted by Gasteiger charge is 2.17. The second-order valence-electron chi connectivity index (χ2n) is 3.35. The zero-order chi connectivity index (χ0) is 8.39. The molecule has 0 radical (unpaired) electrons. The van der Waals surface area contributed by atoms with Crippen LogP contribution in [0.25, 0.3) is 0 Å². The SMILES string of the molecule is Nc1cc[nH]c1[C@@H]1CCCCN1. The van der Waals surface area contributed by atoms with Crippen LogP contribution in [0.4, 0.5) is 5.69 Å². The molecule has 4 N–H and O–H groups in total. The first-order valence-electron chi connectivity index (χ1n) is 4.54. The van der Waals surface area contributed by atoms with Crippen molar-refractivity contribution < 1.29 is 0 Å². The lowest BCUT2D eigenvalue weighted by molar-refractivity contribution is 0.407. The van der Waals surface area contributed by atoms with Gasteiger partial charge in [0, 0.05) is 12.2 Å². The van der Waals surface area contributed by atoms with E-state index in [1.165, 1.54) is 19.3 Å². The molecule has 1 aliphatic rings. The van der Waals surface area contributed by atoms with E-state index in [-0.39, 0.29) is 0 Å². The summed E-state index contributed by atoms with van der Waals surface area (Å²) in [6.07, 6.45) is 5.69. The molecule has 0 unspecified atom stereocenters. The first-order valence-corrected chi connectivity index (χ1v) is 4.54. The molecule has 1 aromatic heterocycles. The van der Waals surface area contributed by atoms with E-state index in [0.717, 1.165) is 17.9 Å². The monoisotopic (exact) mass is 165 g/mol. The number of hydrogen-bond acceptors (Lipinski definition) is 2. The summed E-state index contributed by atoms with van der Waals surface area (Å²) in [5, 5.41) is 3.45. The molecule has 0 amide bonds. The maximum Gasteiger partial charge on any atom is 0.0553 e. The summed E-state index contributed by atoms with van der Waals surface area (Å²) in [4.78, 5) is 3.19. The molecule has 1 aromatic rings. The summed E-state index contributed by atoms with van der Waals surface area (Å²) < 4.78 is 0. The Kier molecular flexibility index (Phi) is 2.04.